The summed E-state index contributed by atoms with van der Waals surface area (Å²) in [5.41, 5.74) is 3.93. The van der Waals surface area contributed by atoms with E-state index in [2.05, 4.69) is 10.3 Å². The molecular weight excluding hydrogens is 432 g/mol. The van der Waals surface area contributed by atoms with Crippen LogP contribution >= 0.6 is 0 Å². The average molecular weight is 461 g/mol. The number of fused-ring (bicyclic) bond motifs is 1. The first-order chi connectivity index (χ1) is 16.6. The van der Waals surface area contributed by atoms with E-state index in [1.807, 2.05) is 54.6 Å². The first-order valence-corrected chi connectivity index (χ1v) is 11.1. The number of rotatable bonds is 11. The minimum Gasteiger partial charge on any atom is -0.493 e. The van der Waals surface area contributed by atoms with Crippen LogP contribution in [0.2, 0.25) is 0 Å². The van der Waals surface area contributed by atoms with Gasteiger partial charge in [-0.25, -0.2) is 0 Å². The highest BCUT2D eigenvalue weighted by molar-refractivity contribution is 6.11. The molecule has 176 valence electrons. The van der Waals surface area contributed by atoms with Gasteiger partial charge in [-0.3, -0.25) is 4.79 Å². The van der Waals surface area contributed by atoms with Crippen molar-refractivity contribution in [2.24, 2.45) is 0 Å². The van der Waals surface area contributed by atoms with E-state index >= 15 is 0 Å². The summed E-state index contributed by atoms with van der Waals surface area (Å²) in [7, 11) is 1.54. The van der Waals surface area contributed by atoms with Crippen LogP contribution in [0.3, 0.4) is 0 Å². The summed E-state index contributed by atoms with van der Waals surface area (Å²) >= 11 is 0. The number of benzene rings is 3. The van der Waals surface area contributed by atoms with Crippen molar-refractivity contribution >= 4 is 22.4 Å². The van der Waals surface area contributed by atoms with Crippen molar-refractivity contribution < 1.29 is 24.5 Å². The first-order valence-electron chi connectivity index (χ1n) is 11.1. The number of Topliss-reactive ketones (excluding diaryl/α,β-unsaturated/α-hetero) is 1. The molecule has 1 heterocycles. The maximum Gasteiger partial charge on any atom is 0.191 e. The number of carbonyl (C=O) groups is 1. The van der Waals surface area contributed by atoms with Crippen LogP contribution in [0.15, 0.2) is 72.9 Å². The average Bonchev–Trinajstić information content (AvgIpc) is 3.30. The molecule has 0 bridgehead atoms. The topological polar surface area (TPSA) is 104 Å². The third-order valence-electron chi connectivity index (χ3n) is 5.63. The molecular formula is C27H28N2O5. The molecule has 4 rings (SSSR count). The summed E-state index contributed by atoms with van der Waals surface area (Å²) in [6.45, 7) is 0.110. The predicted octanol–water partition coefficient (Wildman–Crippen LogP) is 4.12. The molecule has 1 atom stereocenters. The summed E-state index contributed by atoms with van der Waals surface area (Å²) in [4.78, 5) is 17.0. The molecule has 0 saturated heterocycles. The van der Waals surface area contributed by atoms with Gasteiger partial charge in [-0.2, -0.15) is 0 Å². The Labute approximate surface area is 198 Å². The lowest BCUT2D eigenvalue weighted by molar-refractivity contribution is 0.0971. The second-order valence-corrected chi connectivity index (χ2v) is 7.85. The fraction of sp³-hybridized carbons (Fsp3) is 0.222. The van der Waals surface area contributed by atoms with Crippen LogP contribution in [0.25, 0.3) is 10.9 Å². The number of aliphatic hydroxyl groups excluding tert-OH is 2. The summed E-state index contributed by atoms with van der Waals surface area (Å²) in [5, 5.41) is 22.5. The van der Waals surface area contributed by atoms with E-state index in [1.54, 1.807) is 25.4 Å². The second kappa shape index (κ2) is 10.9. The highest BCUT2D eigenvalue weighted by Gasteiger charge is 2.25. The number of hydrogen-bond acceptors (Lipinski definition) is 6. The van der Waals surface area contributed by atoms with Crippen molar-refractivity contribution in [3.05, 3.63) is 89.6 Å². The zero-order chi connectivity index (χ0) is 23.9. The smallest absolute Gasteiger partial charge is 0.191 e. The van der Waals surface area contributed by atoms with Gasteiger partial charge in [0.2, 0.25) is 0 Å². The number of nitrogens with one attached hydrogen (secondary N) is 2. The number of aromatic amines is 1. The van der Waals surface area contributed by atoms with Crippen LogP contribution in [-0.4, -0.2) is 47.9 Å². The molecule has 34 heavy (non-hydrogen) atoms. The Hall–Kier alpha value is -3.81. The maximum absolute atomic E-state index is 13.8. The van der Waals surface area contributed by atoms with Gasteiger partial charge >= 0.3 is 0 Å². The van der Waals surface area contributed by atoms with Gasteiger partial charge in [-0.1, -0.05) is 36.4 Å². The SMILES string of the molecule is COc1cc(NC(C(=O)c2c[nH]c3ccc(CCO)cc23)c2ccccc2)ccc1OCCO. The lowest BCUT2D eigenvalue weighted by atomic mass is 9.96. The number of ether oxygens (including phenoxy) is 2. The quantitative estimate of drug-likeness (QED) is 0.251. The number of aliphatic hydroxyl groups is 2. The van der Waals surface area contributed by atoms with Gasteiger partial charge in [-0.05, 0) is 41.8 Å². The maximum atomic E-state index is 13.8. The van der Waals surface area contributed by atoms with E-state index in [4.69, 9.17) is 14.6 Å². The van der Waals surface area contributed by atoms with Crippen molar-refractivity contribution in [1.29, 1.82) is 0 Å². The fourth-order valence-corrected chi connectivity index (χ4v) is 3.96. The van der Waals surface area contributed by atoms with Crippen LogP contribution in [-0.2, 0) is 6.42 Å². The van der Waals surface area contributed by atoms with Crippen LogP contribution in [0, 0.1) is 0 Å². The van der Waals surface area contributed by atoms with Gasteiger partial charge in [-0.15, -0.1) is 0 Å². The minimum atomic E-state index is -0.643. The molecule has 3 aromatic carbocycles. The fourth-order valence-electron chi connectivity index (χ4n) is 3.96. The lowest BCUT2D eigenvalue weighted by Gasteiger charge is -2.20. The highest BCUT2D eigenvalue weighted by Crippen LogP contribution is 2.33. The Morgan fingerprint density at radius 2 is 1.82 bits per heavy atom. The van der Waals surface area contributed by atoms with E-state index in [0.717, 1.165) is 22.0 Å². The summed E-state index contributed by atoms with van der Waals surface area (Å²) in [6.07, 6.45) is 2.26. The molecule has 0 amide bonds. The van der Waals surface area contributed by atoms with Gasteiger partial charge in [0.1, 0.15) is 12.6 Å². The normalized spacial score (nSPS) is 11.9. The van der Waals surface area contributed by atoms with Crippen molar-refractivity contribution in [1.82, 2.24) is 4.98 Å². The molecule has 4 aromatic rings. The number of hydrogen-bond donors (Lipinski definition) is 4. The summed E-state index contributed by atoms with van der Waals surface area (Å²) < 4.78 is 11.0. The number of anilines is 1. The zero-order valence-corrected chi connectivity index (χ0v) is 19.0. The van der Waals surface area contributed by atoms with Crippen molar-refractivity contribution in [2.45, 2.75) is 12.5 Å². The Balaban J connectivity index is 1.70. The lowest BCUT2D eigenvalue weighted by Crippen LogP contribution is -2.21. The molecule has 0 saturated carbocycles. The number of carbonyl (C=O) groups excluding carboxylic acids is 1. The Bertz CT molecular complexity index is 1250. The molecule has 0 fully saturated rings. The van der Waals surface area contributed by atoms with Crippen LogP contribution in [0.5, 0.6) is 11.5 Å². The Kier molecular flexibility index (Phi) is 7.47. The molecule has 0 aliphatic carbocycles. The highest BCUT2D eigenvalue weighted by atomic mass is 16.5. The number of ketones is 1. The Morgan fingerprint density at radius 1 is 1.00 bits per heavy atom. The first kappa shape index (κ1) is 23.4. The van der Waals surface area contributed by atoms with E-state index in [9.17, 15) is 9.90 Å². The molecule has 0 aliphatic heterocycles. The summed E-state index contributed by atoms with van der Waals surface area (Å²) in [5.74, 6) is 0.925. The van der Waals surface area contributed by atoms with Crippen molar-refractivity contribution in [3.8, 4) is 11.5 Å². The van der Waals surface area contributed by atoms with Crippen LogP contribution in [0.1, 0.15) is 27.5 Å². The summed E-state index contributed by atoms with van der Waals surface area (Å²) in [6, 6.07) is 20.1. The van der Waals surface area contributed by atoms with E-state index < -0.39 is 6.04 Å². The van der Waals surface area contributed by atoms with E-state index in [0.29, 0.717) is 29.2 Å². The molecule has 4 N–H and O–H groups in total. The van der Waals surface area contributed by atoms with Gasteiger partial charge in [0.05, 0.1) is 13.7 Å². The van der Waals surface area contributed by atoms with Gasteiger partial charge < -0.3 is 30.0 Å². The van der Waals surface area contributed by atoms with E-state index in [-0.39, 0.29) is 25.6 Å². The molecule has 0 radical (unpaired) electrons. The van der Waals surface area contributed by atoms with Crippen LogP contribution in [0.4, 0.5) is 5.69 Å². The monoisotopic (exact) mass is 460 g/mol. The largest absolute Gasteiger partial charge is 0.493 e. The number of methoxy groups -OCH3 is 1. The minimum absolute atomic E-state index is 0.0489. The molecule has 1 unspecified atom stereocenters. The molecule has 0 spiro atoms. The van der Waals surface area contributed by atoms with Gasteiger partial charge in [0, 0.05) is 41.0 Å². The second-order valence-electron chi connectivity index (χ2n) is 7.85. The third kappa shape index (κ3) is 5.06. The molecule has 7 heteroatoms. The molecule has 1 aromatic heterocycles. The van der Waals surface area contributed by atoms with Crippen molar-refractivity contribution in [3.63, 3.8) is 0 Å². The van der Waals surface area contributed by atoms with Gasteiger partial charge in [0.15, 0.2) is 17.3 Å². The van der Waals surface area contributed by atoms with Crippen LogP contribution < -0.4 is 14.8 Å². The third-order valence-corrected chi connectivity index (χ3v) is 5.63. The molecule has 0 aliphatic rings. The number of aromatic nitrogens is 1. The number of H-pyrrole nitrogens is 1. The predicted molar refractivity (Wildman–Crippen MR) is 132 cm³/mol. The van der Waals surface area contributed by atoms with Gasteiger partial charge in [0.25, 0.3) is 0 Å². The molecule has 7 nitrogen and oxygen atoms in total. The standard InChI is InChI=1S/C27H28N2O5/c1-33-25-16-20(8-10-24(25)34-14-13-31)29-26(19-5-3-2-4-6-19)27(32)22-17-28-23-9-7-18(11-12-30)15-21(22)23/h2-10,15-17,26,28-31H,11-14H2,1H3. The van der Waals surface area contributed by atoms with Crippen molar-refractivity contribution in [2.75, 3.05) is 32.2 Å². The van der Waals surface area contributed by atoms with E-state index in [1.165, 1.54) is 0 Å². The zero-order valence-electron chi connectivity index (χ0n) is 19.0. The Morgan fingerprint density at radius 3 is 2.56 bits per heavy atom.